The van der Waals surface area contributed by atoms with Crippen molar-refractivity contribution in [2.75, 3.05) is 13.7 Å². The van der Waals surface area contributed by atoms with E-state index in [2.05, 4.69) is 9.47 Å². The van der Waals surface area contributed by atoms with Gasteiger partial charge in [0.2, 0.25) is 5.78 Å². The highest BCUT2D eigenvalue weighted by atomic mass is 16.5. The molecule has 0 radical (unpaired) electrons. The second-order valence-corrected chi connectivity index (χ2v) is 2.27. The summed E-state index contributed by atoms with van der Waals surface area (Å²) in [6.07, 6.45) is 1.41. The molecule has 6 nitrogen and oxygen atoms in total. The molecule has 0 unspecified atom stereocenters. The second kappa shape index (κ2) is 6.47. The van der Waals surface area contributed by atoms with Gasteiger partial charge in [-0.1, -0.05) is 0 Å². The molecular formula is C9H10O6. The normalized spacial score (nSPS) is 9.73. The van der Waals surface area contributed by atoms with Gasteiger partial charge >= 0.3 is 17.7 Å². The van der Waals surface area contributed by atoms with Crippen LogP contribution in [0.5, 0.6) is 0 Å². The summed E-state index contributed by atoms with van der Waals surface area (Å²) >= 11 is 0. The molecule has 0 aromatic carbocycles. The minimum atomic E-state index is -1.32. The van der Waals surface area contributed by atoms with Gasteiger partial charge in [0.25, 0.3) is 0 Å². The molecule has 0 aliphatic carbocycles. The average molecular weight is 214 g/mol. The Kier molecular flexibility index (Phi) is 5.62. The molecule has 0 aliphatic heterocycles. The van der Waals surface area contributed by atoms with Crippen molar-refractivity contribution in [1.29, 1.82) is 0 Å². The van der Waals surface area contributed by atoms with Crippen LogP contribution in [0.4, 0.5) is 0 Å². The fraction of sp³-hybridized carbons (Fsp3) is 0.333. The number of hydrogen-bond donors (Lipinski definition) is 0. The second-order valence-electron chi connectivity index (χ2n) is 2.27. The van der Waals surface area contributed by atoms with E-state index in [0.29, 0.717) is 6.08 Å². The predicted octanol–water partition coefficient (Wildman–Crippen LogP) is -0.583. The van der Waals surface area contributed by atoms with E-state index in [-0.39, 0.29) is 6.61 Å². The van der Waals surface area contributed by atoms with Gasteiger partial charge in [-0.15, -0.1) is 0 Å². The van der Waals surface area contributed by atoms with Crippen LogP contribution >= 0.6 is 0 Å². The Bertz CT molecular complexity index is 315. The zero-order valence-electron chi connectivity index (χ0n) is 8.31. The van der Waals surface area contributed by atoms with Crippen LogP contribution in [0.2, 0.25) is 0 Å². The van der Waals surface area contributed by atoms with Crippen LogP contribution in [0, 0.1) is 0 Å². The topological polar surface area (TPSA) is 86.7 Å². The van der Waals surface area contributed by atoms with Gasteiger partial charge in [-0.25, -0.2) is 9.59 Å². The minimum absolute atomic E-state index is 0.00142. The predicted molar refractivity (Wildman–Crippen MR) is 47.8 cm³/mol. The van der Waals surface area contributed by atoms with Crippen LogP contribution < -0.4 is 0 Å². The highest BCUT2D eigenvalue weighted by Gasteiger charge is 2.21. The van der Waals surface area contributed by atoms with E-state index in [9.17, 15) is 19.2 Å². The zero-order valence-corrected chi connectivity index (χ0v) is 8.31. The van der Waals surface area contributed by atoms with Crippen LogP contribution in [0.25, 0.3) is 0 Å². The number of allylic oxidation sites excluding steroid dienone is 1. The first kappa shape index (κ1) is 13.0. The van der Waals surface area contributed by atoms with Crippen LogP contribution in [0.1, 0.15) is 6.92 Å². The van der Waals surface area contributed by atoms with Gasteiger partial charge in [0.1, 0.15) is 0 Å². The van der Waals surface area contributed by atoms with Crippen LogP contribution in [-0.2, 0) is 28.7 Å². The quantitative estimate of drug-likeness (QED) is 0.263. The standard InChI is InChI=1S/C9H10O6/c1-3-15-9(13)8(12)6(10)4-5-7(11)14-2/h4-5H,3H2,1-2H3/b5-4+. The Morgan fingerprint density at radius 2 is 1.73 bits per heavy atom. The first-order valence-corrected chi connectivity index (χ1v) is 4.04. The largest absolute Gasteiger partial charge is 0.466 e. The summed E-state index contributed by atoms with van der Waals surface area (Å²) in [5, 5.41) is 0. The van der Waals surface area contributed by atoms with Crippen molar-refractivity contribution in [3.8, 4) is 0 Å². The lowest BCUT2D eigenvalue weighted by Gasteiger charge is -1.96. The molecule has 0 atom stereocenters. The van der Waals surface area contributed by atoms with E-state index in [1.54, 1.807) is 0 Å². The summed E-state index contributed by atoms with van der Waals surface area (Å²) in [4.78, 5) is 43.1. The molecule has 82 valence electrons. The molecule has 0 N–H and O–H groups in total. The minimum Gasteiger partial charge on any atom is -0.466 e. The zero-order chi connectivity index (χ0) is 11.8. The molecular weight excluding hydrogens is 204 g/mol. The molecule has 0 spiro atoms. The van der Waals surface area contributed by atoms with E-state index in [4.69, 9.17) is 0 Å². The molecule has 6 heteroatoms. The third-order valence-electron chi connectivity index (χ3n) is 1.26. The number of carbonyl (C=O) groups excluding carboxylic acids is 4. The lowest BCUT2D eigenvalue weighted by molar-refractivity contribution is -0.155. The maximum Gasteiger partial charge on any atom is 0.383 e. The summed E-state index contributed by atoms with van der Waals surface area (Å²) in [6.45, 7) is 1.50. The van der Waals surface area contributed by atoms with Gasteiger partial charge < -0.3 is 9.47 Å². The van der Waals surface area contributed by atoms with Crippen LogP contribution in [-0.4, -0.2) is 37.2 Å². The van der Waals surface area contributed by atoms with Gasteiger partial charge in [-0.3, -0.25) is 9.59 Å². The molecule has 0 heterocycles. The summed E-state index contributed by atoms with van der Waals surface area (Å²) in [5.74, 6) is -4.48. The summed E-state index contributed by atoms with van der Waals surface area (Å²) in [6, 6.07) is 0. The summed E-state index contributed by atoms with van der Waals surface area (Å²) in [7, 11) is 1.12. The number of ether oxygens (including phenoxy) is 2. The molecule has 15 heavy (non-hydrogen) atoms. The van der Waals surface area contributed by atoms with Crippen molar-refractivity contribution < 1.29 is 28.7 Å². The summed E-state index contributed by atoms with van der Waals surface area (Å²) in [5.41, 5.74) is 0. The fourth-order valence-corrected chi connectivity index (χ4v) is 0.585. The SMILES string of the molecule is CCOC(=O)C(=O)C(=O)/C=C/C(=O)OC. The van der Waals surface area contributed by atoms with E-state index >= 15 is 0 Å². The third-order valence-corrected chi connectivity index (χ3v) is 1.26. The molecule has 0 amide bonds. The number of Topliss-reactive ketones (excluding diaryl/α,β-unsaturated/α-hetero) is 1. The number of methoxy groups -OCH3 is 1. The van der Waals surface area contributed by atoms with Crippen molar-refractivity contribution in [3.05, 3.63) is 12.2 Å². The van der Waals surface area contributed by atoms with Gasteiger partial charge in [0.15, 0.2) is 0 Å². The monoisotopic (exact) mass is 214 g/mol. The van der Waals surface area contributed by atoms with Crippen molar-refractivity contribution in [2.45, 2.75) is 6.92 Å². The Morgan fingerprint density at radius 1 is 1.13 bits per heavy atom. The molecule has 0 aromatic heterocycles. The van der Waals surface area contributed by atoms with E-state index in [0.717, 1.165) is 13.2 Å². The Balaban J connectivity index is 4.34. The van der Waals surface area contributed by atoms with Gasteiger partial charge in [0, 0.05) is 6.08 Å². The molecule has 0 saturated carbocycles. The third kappa shape index (κ3) is 4.70. The maximum atomic E-state index is 10.9. The van der Waals surface area contributed by atoms with Crippen molar-refractivity contribution in [3.63, 3.8) is 0 Å². The highest BCUT2D eigenvalue weighted by Crippen LogP contribution is 1.87. The smallest absolute Gasteiger partial charge is 0.383 e. The van der Waals surface area contributed by atoms with Crippen LogP contribution in [0.3, 0.4) is 0 Å². The van der Waals surface area contributed by atoms with Gasteiger partial charge in [0.05, 0.1) is 13.7 Å². The van der Waals surface area contributed by atoms with Crippen molar-refractivity contribution in [1.82, 2.24) is 0 Å². The summed E-state index contributed by atoms with van der Waals surface area (Å²) < 4.78 is 8.48. The number of rotatable bonds is 5. The van der Waals surface area contributed by atoms with Gasteiger partial charge in [-0.2, -0.15) is 0 Å². The van der Waals surface area contributed by atoms with Crippen molar-refractivity contribution >= 4 is 23.5 Å². The van der Waals surface area contributed by atoms with E-state index < -0.39 is 23.5 Å². The molecule has 0 bridgehead atoms. The molecule has 0 saturated heterocycles. The highest BCUT2D eigenvalue weighted by molar-refractivity contribution is 6.64. The van der Waals surface area contributed by atoms with Crippen molar-refractivity contribution in [2.24, 2.45) is 0 Å². The van der Waals surface area contributed by atoms with E-state index in [1.807, 2.05) is 0 Å². The average Bonchev–Trinajstić information content (AvgIpc) is 2.24. The fourth-order valence-electron chi connectivity index (χ4n) is 0.585. The van der Waals surface area contributed by atoms with Gasteiger partial charge in [-0.05, 0) is 13.0 Å². The number of ketones is 2. The Morgan fingerprint density at radius 3 is 2.20 bits per heavy atom. The first-order chi connectivity index (χ1) is 7.02. The molecule has 0 fully saturated rings. The number of hydrogen-bond acceptors (Lipinski definition) is 6. The lowest BCUT2D eigenvalue weighted by atomic mass is 10.2. The van der Waals surface area contributed by atoms with E-state index in [1.165, 1.54) is 6.92 Å². The Labute approximate surface area is 85.8 Å². The number of esters is 2. The lowest BCUT2D eigenvalue weighted by Crippen LogP contribution is -2.24. The molecule has 0 aliphatic rings. The number of carbonyl (C=O) groups is 4. The van der Waals surface area contributed by atoms with Crippen LogP contribution in [0.15, 0.2) is 12.2 Å². The Hall–Kier alpha value is -1.98. The first-order valence-electron chi connectivity index (χ1n) is 4.04. The maximum absolute atomic E-state index is 10.9. The molecule has 0 aromatic rings. The molecule has 0 rings (SSSR count).